The molecule has 0 radical (unpaired) electrons. The van der Waals surface area contributed by atoms with Gasteiger partial charge in [-0.25, -0.2) is 4.79 Å². The minimum Gasteiger partial charge on any atom is -0.507 e. The number of hydrogen-bond acceptors (Lipinski definition) is 4. The summed E-state index contributed by atoms with van der Waals surface area (Å²) in [4.78, 5) is 12.0. The maximum atomic E-state index is 12.0. The van der Waals surface area contributed by atoms with Crippen LogP contribution in [0.15, 0.2) is 57.8 Å². The summed E-state index contributed by atoms with van der Waals surface area (Å²) < 4.78 is 11.4. The van der Waals surface area contributed by atoms with Crippen molar-refractivity contribution in [2.45, 2.75) is 19.4 Å². The lowest BCUT2D eigenvalue weighted by atomic mass is 9.95. The molecule has 1 N–H and O–H groups in total. The van der Waals surface area contributed by atoms with Crippen molar-refractivity contribution in [3.05, 3.63) is 64.5 Å². The number of phenols is 1. The molecule has 0 aliphatic carbocycles. The van der Waals surface area contributed by atoms with E-state index in [-0.39, 0.29) is 5.75 Å². The minimum atomic E-state index is -0.516. The van der Waals surface area contributed by atoms with E-state index in [9.17, 15) is 9.90 Å². The molecule has 0 atom stereocenters. The Morgan fingerprint density at radius 2 is 1.83 bits per heavy atom. The number of aromatic hydroxyl groups is 1. The molecule has 0 spiro atoms. The molecule has 3 aromatic rings. The monoisotopic (exact) mass is 320 g/mol. The molecule has 0 amide bonds. The Hall–Kier alpha value is -3.01. The number of hydrogen-bond donors (Lipinski definition) is 1. The van der Waals surface area contributed by atoms with Gasteiger partial charge in [-0.2, -0.15) is 0 Å². The fourth-order valence-electron chi connectivity index (χ4n) is 2.99. The first-order valence-electron chi connectivity index (χ1n) is 7.72. The second-order valence-electron chi connectivity index (χ2n) is 6.40. The van der Waals surface area contributed by atoms with Gasteiger partial charge in [0.1, 0.15) is 22.7 Å². The van der Waals surface area contributed by atoms with Crippen molar-refractivity contribution in [1.82, 2.24) is 0 Å². The molecule has 0 fully saturated rings. The highest BCUT2D eigenvalue weighted by molar-refractivity contribution is 6.01. The van der Waals surface area contributed by atoms with Gasteiger partial charge in [-0.05, 0) is 31.6 Å². The Morgan fingerprint density at radius 1 is 1.08 bits per heavy atom. The van der Waals surface area contributed by atoms with Crippen LogP contribution in [0.3, 0.4) is 0 Å². The first-order chi connectivity index (χ1) is 11.4. The zero-order chi connectivity index (χ0) is 16.9. The summed E-state index contributed by atoms with van der Waals surface area (Å²) in [6, 6.07) is 12.5. The normalized spacial score (nSPS) is 15.1. The predicted molar refractivity (Wildman–Crippen MR) is 93.3 cm³/mol. The fraction of sp³-hybridized carbons (Fsp3) is 0.150. The largest absolute Gasteiger partial charge is 0.507 e. The number of fused-ring (bicyclic) bond motifs is 3. The molecule has 120 valence electrons. The summed E-state index contributed by atoms with van der Waals surface area (Å²) in [5.74, 6) is 0.553. The van der Waals surface area contributed by atoms with Gasteiger partial charge in [0.2, 0.25) is 0 Å². The Bertz CT molecular complexity index is 1030. The average Bonchev–Trinajstić information content (AvgIpc) is 2.53. The van der Waals surface area contributed by atoms with Crippen LogP contribution in [0.5, 0.6) is 11.5 Å². The lowest BCUT2D eigenvalue weighted by Crippen LogP contribution is -2.27. The summed E-state index contributed by atoms with van der Waals surface area (Å²) in [6.07, 6.45) is 3.73. The predicted octanol–water partition coefficient (Wildman–Crippen LogP) is 4.35. The first kappa shape index (κ1) is 14.6. The molecule has 0 saturated carbocycles. The van der Waals surface area contributed by atoms with Crippen LogP contribution >= 0.6 is 0 Å². The number of ether oxygens (including phenoxy) is 1. The van der Waals surface area contributed by atoms with Crippen LogP contribution < -0.4 is 10.4 Å². The van der Waals surface area contributed by atoms with E-state index in [1.165, 1.54) is 12.1 Å². The Labute approximate surface area is 138 Å². The number of benzene rings is 2. The molecule has 1 aliphatic heterocycles. The van der Waals surface area contributed by atoms with Gasteiger partial charge in [0.15, 0.2) is 0 Å². The molecule has 0 bridgehead atoms. The summed E-state index contributed by atoms with van der Waals surface area (Å²) in [5.41, 5.74) is 1.53. The van der Waals surface area contributed by atoms with E-state index < -0.39 is 11.2 Å². The number of rotatable bonds is 1. The van der Waals surface area contributed by atoms with Gasteiger partial charge >= 0.3 is 5.63 Å². The van der Waals surface area contributed by atoms with E-state index >= 15 is 0 Å². The van der Waals surface area contributed by atoms with Crippen LogP contribution in [-0.4, -0.2) is 10.7 Å². The van der Waals surface area contributed by atoms with E-state index in [2.05, 4.69) is 0 Å². The Kier molecular flexibility index (Phi) is 3.03. The van der Waals surface area contributed by atoms with Crippen molar-refractivity contribution in [2.75, 3.05) is 0 Å². The van der Waals surface area contributed by atoms with Crippen LogP contribution in [0.25, 0.3) is 28.2 Å². The van der Waals surface area contributed by atoms with Gasteiger partial charge in [0, 0.05) is 17.7 Å². The SMILES string of the molecule is CC1(C)C=Cc2c(O)cc3oc(=O)cc(-c4ccccc4)c3c2O1. The molecule has 0 saturated heterocycles. The molecule has 4 nitrogen and oxygen atoms in total. The highest BCUT2D eigenvalue weighted by Crippen LogP contribution is 2.45. The van der Waals surface area contributed by atoms with Crippen molar-refractivity contribution in [3.8, 4) is 22.6 Å². The van der Waals surface area contributed by atoms with E-state index in [1.807, 2.05) is 56.3 Å². The molecule has 24 heavy (non-hydrogen) atoms. The van der Waals surface area contributed by atoms with Gasteiger partial charge in [-0.1, -0.05) is 30.3 Å². The summed E-state index contributed by atoms with van der Waals surface area (Å²) in [5, 5.41) is 11.0. The number of phenolic OH excluding ortho intramolecular Hbond substituents is 1. The second-order valence-corrected chi connectivity index (χ2v) is 6.40. The second kappa shape index (κ2) is 4.99. The van der Waals surface area contributed by atoms with Crippen LogP contribution in [0.4, 0.5) is 0 Å². The summed E-state index contributed by atoms with van der Waals surface area (Å²) >= 11 is 0. The maximum absolute atomic E-state index is 12.0. The van der Waals surface area contributed by atoms with E-state index in [1.54, 1.807) is 0 Å². The van der Waals surface area contributed by atoms with Gasteiger partial charge in [0.25, 0.3) is 0 Å². The van der Waals surface area contributed by atoms with Crippen molar-refractivity contribution in [3.63, 3.8) is 0 Å². The first-order valence-corrected chi connectivity index (χ1v) is 7.72. The van der Waals surface area contributed by atoms with Crippen LogP contribution in [-0.2, 0) is 0 Å². The van der Waals surface area contributed by atoms with E-state index in [0.717, 1.165) is 11.1 Å². The van der Waals surface area contributed by atoms with Gasteiger partial charge in [0.05, 0.1) is 10.9 Å². The fourth-order valence-corrected chi connectivity index (χ4v) is 2.99. The molecule has 2 heterocycles. The van der Waals surface area contributed by atoms with Crippen molar-refractivity contribution in [2.24, 2.45) is 0 Å². The maximum Gasteiger partial charge on any atom is 0.336 e. The highest BCUT2D eigenvalue weighted by Gasteiger charge is 2.27. The Morgan fingerprint density at radius 3 is 2.58 bits per heavy atom. The summed E-state index contributed by atoms with van der Waals surface area (Å²) in [6.45, 7) is 3.87. The molecular formula is C20H16O4. The molecule has 2 aromatic carbocycles. The van der Waals surface area contributed by atoms with Crippen LogP contribution in [0.1, 0.15) is 19.4 Å². The minimum absolute atomic E-state index is 0.0256. The van der Waals surface area contributed by atoms with Crippen LogP contribution in [0, 0.1) is 0 Å². The van der Waals surface area contributed by atoms with Crippen molar-refractivity contribution >= 4 is 17.0 Å². The summed E-state index contributed by atoms with van der Waals surface area (Å²) in [7, 11) is 0. The lowest BCUT2D eigenvalue weighted by molar-refractivity contribution is 0.161. The topological polar surface area (TPSA) is 59.7 Å². The molecular weight excluding hydrogens is 304 g/mol. The molecule has 0 unspecified atom stereocenters. The average molecular weight is 320 g/mol. The third-order valence-corrected chi connectivity index (χ3v) is 4.11. The zero-order valence-corrected chi connectivity index (χ0v) is 13.4. The zero-order valence-electron chi connectivity index (χ0n) is 13.4. The molecule has 1 aromatic heterocycles. The van der Waals surface area contributed by atoms with Gasteiger partial charge in [-0.3, -0.25) is 0 Å². The highest BCUT2D eigenvalue weighted by atomic mass is 16.5. The molecule has 4 heteroatoms. The quantitative estimate of drug-likeness (QED) is 0.677. The standard InChI is InChI=1S/C20H16O4/c1-20(2)9-8-13-15(21)11-16-18(19(13)24-20)14(10-17(22)23-16)12-6-4-3-5-7-12/h3-11,21H,1-2H3. The lowest BCUT2D eigenvalue weighted by Gasteiger charge is -2.29. The van der Waals surface area contributed by atoms with Crippen molar-refractivity contribution < 1.29 is 14.3 Å². The molecule has 1 aliphatic rings. The van der Waals surface area contributed by atoms with Gasteiger partial charge in [-0.15, -0.1) is 0 Å². The molecule has 4 rings (SSSR count). The third kappa shape index (κ3) is 2.27. The van der Waals surface area contributed by atoms with Gasteiger partial charge < -0.3 is 14.3 Å². The van der Waals surface area contributed by atoms with Crippen molar-refractivity contribution in [1.29, 1.82) is 0 Å². The van der Waals surface area contributed by atoms with Crippen LogP contribution in [0.2, 0.25) is 0 Å². The smallest absolute Gasteiger partial charge is 0.336 e. The third-order valence-electron chi connectivity index (χ3n) is 4.11. The van der Waals surface area contributed by atoms with E-state index in [0.29, 0.717) is 22.3 Å². The van der Waals surface area contributed by atoms with E-state index in [4.69, 9.17) is 9.15 Å². The Balaban J connectivity index is 2.15.